The molecule has 0 amide bonds. The zero-order valence-electron chi connectivity index (χ0n) is 30.1. The van der Waals surface area contributed by atoms with Gasteiger partial charge in [-0.05, 0) is 69.8 Å². The van der Waals surface area contributed by atoms with Crippen LogP contribution < -0.4 is 0 Å². The van der Waals surface area contributed by atoms with E-state index in [2.05, 4.69) is 133 Å². The summed E-state index contributed by atoms with van der Waals surface area (Å²) in [5, 5.41) is 4.12. The maximum absolute atomic E-state index is 6.53. The topological polar surface area (TPSA) is 65.0 Å². The van der Waals surface area contributed by atoms with Gasteiger partial charge in [-0.3, -0.25) is 0 Å². The number of benzene rings is 8. The number of nitrogens with zero attached hydrogens (tertiary/aromatic N) is 3. The van der Waals surface area contributed by atoms with Gasteiger partial charge in [0.2, 0.25) is 0 Å². The zero-order valence-corrected chi connectivity index (χ0v) is 30.1. The average Bonchev–Trinajstić information content (AvgIpc) is 3.86. The first-order valence-electron chi connectivity index (χ1n) is 18.7. The Morgan fingerprint density at radius 2 is 0.750 bits per heavy atom. The monoisotopic (exact) mass is 717 g/mol. The zero-order chi connectivity index (χ0) is 37.0. The molecule has 0 fully saturated rings. The molecule has 0 saturated carbocycles. The Hall–Kier alpha value is -7.63. The smallest absolute Gasteiger partial charge is 0.164 e. The standard InChI is InChI=1S/C51H31N3O2/c1-4-14-32(15-5-1)35-20-10-21-37(30-35)50-52-49(34-18-8-3-9-19-34)53-51(54-50)40-24-13-25-43-46(40)41-31-36(28-29-42(41)55-43)39-23-12-27-45-48(39)47-38(22-11-26-44(47)56-45)33-16-6-2-7-17-33/h1-31H. The second kappa shape index (κ2) is 13.0. The molecule has 5 nitrogen and oxygen atoms in total. The summed E-state index contributed by atoms with van der Waals surface area (Å²) in [5.74, 6) is 1.78. The predicted octanol–water partition coefficient (Wildman–Crippen LogP) is 13.7. The van der Waals surface area contributed by atoms with Gasteiger partial charge in [-0.2, -0.15) is 0 Å². The minimum Gasteiger partial charge on any atom is -0.456 e. The van der Waals surface area contributed by atoms with Gasteiger partial charge in [0.05, 0.1) is 0 Å². The lowest BCUT2D eigenvalue weighted by molar-refractivity contribution is 0.669. The van der Waals surface area contributed by atoms with E-state index >= 15 is 0 Å². The predicted molar refractivity (Wildman–Crippen MR) is 227 cm³/mol. The van der Waals surface area contributed by atoms with E-state index in [0.717, 1.165) is 93.9 Å². The van der Waals surface area contributed by atoms with Crippen molar-refractivity contribution in [3.05, 3.63) is 188 Å². The highest BCUT2D eigenvalue weighted by atomic mass is 16.3. The molecule has 11 aromatic rings. The van der Waals surface area contributed by atoms with E-state index in [0.29, 0.717) is 17.5 Å². The molecular formula is C51H31N3O2. The number of rotatable bonds is 6. The van der Waals surface area contributed by atoms with Crippen molar-refractivity contribution in [1.29, 1.82) is 0 Å². The van der Waals surface area contributed by atoms with Crippen molar-refractivity contribution in [2.24, 2.45) is 0 Å². The molecule has 0 spiro atoms. The lowest BCUT2D eigenvalue weighted by Gasteiger charge is -2.10. The van der Waals surface area contributed by atoms with Crippen LogP contribution in [0.1, 0.15) is 0 Å². The summed E-state index contributed by atoms with van der Waals surface area (Å²) in [4.78, 5) is 15.4. The van der Waals surface area contributed by atoms with Gasteiger partial charge in [0, 0.05) is 38.2 Å². The van der Waals surface area contributed by atoms with Crippen LogP contribution in [0.4, 0.5) is 0 Å². The van der Waals surface area contributed by atoms with Gasteiger partial charge < -0.3 is 8.83 Å². The summed E-state index contributed by atoms with van der Waals surface area (Å²) in [5.41, 5.74) is 12.6. The molecule has 5 heteroatoms. The SMILES string of the molecule is c1ccc(-c2cccc(-c3nc(-c4ccccc4)nc(-c4cccc5oc6ccc(-c7cccc8oc9cccc(-c%10ccccc%10)c9c78)cc6c45)n3)c2)cc1. The molecule has 0 unspecified atom stereocenters. The molecule has 3 heterocycles. The van der Waals surface area contributed by atoms with E-state index in [1.165, 1.54) is 0 Å². The first-order valence-corrected chi connectivity index (χ1v) is 18.7. The highest BCUT2D eigenvalue weighted by molar-refractivity contribution is 6.19. The van der Waals surface area contributed by atoms with Gasteiger partial charge in [0.25, 0.3) is 0 Å². The Kier molecular flexibility index (Phi) is 7.42. The molecule has 0 atom stereocenters. The number of furan rings is 2. The molecule has 0 aliphatic rings. The van der Waals surface area contributed by atoms with Crippen molar-refractivity contribution in [1.82, 2.24) is 15.0 Å². The summed E-state index contributed by atoms with van der Waals surface area (Å²) >= 11 is 0. The summed E-state index contributed by atoms with van der Waals surface area (Å²) in [6.07, 6.45) is 0. The molecule has 262 valence electrons. The van der Waals surface area contributed by atoms with Crippen molar-refractivity contribution < 1.29 is 8.83 Å². The molecule has 0 aliphatic heterocycles. The molecule has 0 saturated heterocycles. The van der Waals surface area contributed by atoms with Crippen LogP contribution in [0.3, 0.4) is 0 Å². The normalized spacial score (nSPS) is 11.6. The van der Waals surface area contributed by atoms with Gasteiger partial charge in [-0.15, -0.1) is 0 Å². The van der Waals surface area contributed by atoms with Gasteiger partial charge >= 0.3 is 0 Å². The van der Waals surface area contributed by atoms with Gasteiger partial charge in [-0.25, -0.2) is 15.0 Å². The second-order valence-electron chi connectivity index (χ2n) is 13.9. The average molecular weight is 718 g/mol. The Balaban J connectivity index is 1.12. The highest BCUT2D eigenvalue weighted by Gasteiger charge is 2.21. The molecule has 0 aliphatic carbocycles. The van der Waals surface area contributed by atoms with E-state index in [-0.39, 0.29) is 0 Å². The fraction of sp³-hybridized carbons (Fsp3) is 0. The van der Waals surface area contributed by atoms with Crippen LogP contribution in [0.2, 0.25) is 0 Å². The maximum atomic E-state index is 6.53. The lowest BCUT2D eigenvalue weighted by atomic mass is 9.94. The van der Waals surface area contributed by atoms with Crippen molar-refractivity contribution in [2.75, 3.05) is 0 Å². The third kappa shape index (κ3) is 5.37. The first kappa shape index (κ1) is 31.9. The fourth-order valence-corrected chi connectivity index (χ4v) is 7.96. The number of hydrogen-bond donors (Lipinski definition) is 0. The largest absolute Gasteiger partial charge is 0.456 e. The molecule has 56 heavy (non-hydrogen) atoms. The Bertz CT molecular complexity index is 3240. The van der Waals surface area contributed by atoms with Gasteiger partial charge in [0.1, 0.15) is 22.3 Å². The van der Waals surface area contributed by atoms with Crippen LogP contribution in [-0.4, -0.2) is 15.0 Å². The van der Waals surface area contributed by atoms with Crippen LogP contribution in [0.25, 0.3) is 111 Å². The Morgan fingerprint density at radius 1 is 0.268 bits per heavy atom. The number of hydrogen-bond acceptors (Lipinski definition) is 5. The van der Waals surface area contributed by atoms with Crippen LogP contribution in [-0.2, 0) is 0 Å². The van der Waals surface area contributed by atoms with Crippen molar-refractivity contribution >= 4 is 43.9 Å². The van der Waals surface area contributed by atoms with Gasteiger partial charge in [0.15, 0.2) is 17.5 Å². The number of aromatic nitrogens is 3. The van der Waals surface area contributed by atoms with Crippen LogP contribution in [0.15, 0.2) is 197 Å². The van der Waals surface area contributed by atoms with Crippen molar-refractivity contribution in [3.63, 3.8) is 0 Å². The maximum Gasteiger partial charge on any atom is 0.164 e. The Labute approximate surface area is 322 Å². The van der Waals surface area contributed by atoms with E-state index in [1.807, 2.05) is 54.6 Å². The minimum atomic E-state index is 0.577. The van der Waals surface area contributed by atoms with Gasteiger partial charge in [-0.1, -0.05) is 152 Å². The molecule has 0 radical (unpaired) electrons. The highest BCUT2D eigenvalue weighted by Crippen LogP contribution is 2.44. The second-order valence-corrected chi connectivity index (χ2v) is 13.9. The van der Waals surface area contributed by atoms with E-state index in [9.17, 15) is 0 Å². The molecule has 3 aromatic heterocycles. The minimum absolute atomic E-state index is 0.577. The summed E-state index contributed by atoms with van der Waals surface area (Å²) in [6.45, 7) is 0. The van der Waals surface area contributed by atoms with E-state index in [4.69, 9.17) is 23.8 Å². The fourth-order valence-electron chi connectivity index (χ4n) is 7.96. The molecule has 0 bridgehead atoms. The number of fused-ring (bicyclic) bond motifs is 6. The van der Waals surface area contributed by atoms with Crippen LogP contribution in [0.5, 0.6) is 0 Å². The van der Waals surface area contributed by atoms with E-state index in [1.54, 1.807) is 0 Å². The van der Waals surface area contributed by atoms with E-state index < -0.39 is 0 Å². The quantitative estimate of drug-likeness (QED) is 0.171. The summed E-state index contributed by atoms with van der Waals surface area (Å²) in [6, 6.07) is 64.4. The van der Waals surface area contributed by atoms with Crippen LogP contribution >= 0.6 is 0 Å². The summed E-state index contributed by atoms with van der Waals surface area (Å²) in [7, 11) is 0. The molecule has 8 aromatic carbocycles. The lowest BCUT2D eigenvalue weighted by Crippen LogP contribution is -2.00. The first-order chi connectivity index (χ1) is 27.7. The summed E-state index contributed by atoms with van der Waals surface area (Å²) < 4.78 is 13.0. The third-order valence-electron chi connectivity index (χ3n) is 10.5. The Morgan fingerprint density at radius 3 is 1.43 bits per heavy atom. The molecule has 11 rings (SSSR count). The van der Waals surface area contributed by atoms with Crippen molar-refractivity contribution in [3.8, 4) is 67.5 Å². The molecular weight excluding hydrogens is 687 g/mol. The van der Waals surface area contributed by atoms with Crippen LogP contribution in [0, 0.1) is 0 Å². The molecule has 0 N–H and O–H groups in total. The third-order valence-corrected chi connectivity index (χ3v) is 10.5. The van der Waals surface area contributed by atoms with Crippen molar-refractivity contribution in [2.45, 2.75) is 0 Å².